The second-order valence-corrected chi connectivity index (χ2v) is 12.4. The van der Waals surface area contributed by atoms with Crippen LogP contribution in [-0.2, 0) is 4.74 Å². The molecular formula is C28H48O. The summed E-state index contributed by atoms with van der Waals surface area (Å²) in [5.41, 5.74) is 2.85. The van der Waals surface area contributed by atoms with E-state index >= 15 is 0 Å². The molecule has 1 nitrogen and oxygen atoms in total. The maximum Gasteiger partial charge on any atom is 0.0608 e. The molecule has 0 aliphatic heterocycles. The molecule has 3 fully saturated rings. The summed E-state index contributed by atoms with van der Waals surface area (Å²) in [6.07, 6.45) is 18.7. The Hall–Kier alpha value is -0.300. The first-order valence-electron chi connectivity index (χ1n) is 13.0. The molecule has 166 valence electrons. The Bertz CT molecular complexity index is 605. The van der Waals surface area contributed by atoms with Crippen LogP contribution in [0.4, 0.5) is 0 Å². The topological polar surface area (TPSA) is 9.23 Å². The molecule has 0 aromatic heterocycles. The summed E-state index contributed by atoms with van der Waals surface area (Å²) < 4.78 is 5.75. The van der Waals surface area contributed by atoms with Crippen molar-refractivity contribution in [3.8, 4) is 0 Å². The SMILES string of the molecule is CO[C@H]1CC[C@@]2(C)C(=CC[C@@H]3[C@H]4CC[C@@H]([C@@H](C)CCCC(C)C)[C@]4(C)CC[C@H]32)C1. The van der Waals surface area contributed by atoms with Crippen molar-refractivity contribution < 1.29 is 4.74 Å². The van der Waals surface area contributed by atoms with Gasteiger partial charge >= 0.3 is 0 Å². The van der Waals surface area contributed by atoms with Crippen LogP contribution in [0.1, 0.15) is 105 Å². The highest BCUT2D eigenvalue weighted by Gasteiger charge is 2.59. The smallest absolute Gasteiger partial charge is 0.0608 e. The van der Waals surface area contributed by atoms with Gasteiger partial charge in [-0.05, 0) is 97.7 Å². The van der Waals surface area contributed by atoms with E-state index < -0.39 is 0 Å². The highest BCUT2D eigenvalue weighted by Crippen LogP contribution is 2.67. The summed E-state index contributed by atoms with van der Waals surface area (Å²) in [4.78, 5) is 0. The zero-order chi connectivity index (χ0) is 20.8. The third-order valence-corrected chi connectivity index (χ3v) is 10.6. The minimum absolute atomic E-state index is 0.472. The standard InChI is InChI=1S/C28H48O/c1-19(2)8-7-9-20(3)24-12-13-25-23-11-10-21-18-22(29-6)14-16-27(21,4)26(23)15-17-28(24,25)5/h10,19-20,22-26H,7-9,11-18H2,1-6H3/t20-,22-,23+,24-,25+,26+,27-,28-/m0/s1. The van der Waals surface area contributed by atoms with Crippen LogP contribution in [0.25, 0.3) is 0 Å². The van der Waals surface area contributed by atoms with Gasteiger partial charge in [0.25, 0.3) is 0 Å². The number of allylic oxidation sites excluding steroid dienone is 1. The van der Waals surface area contributed by atoms with Crippen LogP contribution in [0.15, 0.2) is 11.6 Å². The lowest BCUT2D eigenvalue weighted by Crippen LogP contribution is -2.50. The molecular weight excluding hydrogens is 352 g/mol. The fourth-order valence-corrected chi connectivity index (χ4v) is 8.85. The molecule has 0 saturated heterocycles. The van der Waals surface area contributed by atoms with Gasteiger partial charge in [-0.2, -0.15) is 0 Å². The van der Waals surface area contributed by atoms with E-state index in [0.29, 0.717) is 16.9 Å². The van der Waals surface area contributed by atoms with Crippen molar-refractivity contribution in [2.24, 2.45) is 46.3 Å². The van der Waals surface area contributed by atoms with E-state index in [1.807, 2.05) is 7.11 Å². The molecule has 0 bridgehead atoms. The van der Waals surface area contributed by atoms with Crippen LogP contribution in [0, 0.1) is 46.3 Å². The Balaban J connectivity index is 1.48. The van der Waals surface area contributed by atoms with Gasteiger partial charge in [-0.25, -0.2) is 0 Å². The molecule has 1 heteroatoms. The van der Waals surface area contributed by atoms with E-state index in [9.17, 15) is 0 Å². The van der Waals surface area contributed by atoms with E-state index in [1.54, 1.807) is 5.57 Å². The Kier molecular flexibility index (Phi) is 6.29. The Labute approximate surface area is 181 Å². The summed E-state index contributed by atoms with van der Waals surface area (Å²) in [5, 5.41) is 0. The van der Waals surface area contributed by atoms with Crippen LogP contribution < -0.4 is 0 Å². The molecule has 29 heavy (non-hydrogen) atoms. The second kappa shape index (κ2) is 8.33. The van der Waals surface area contributed by atoms with Gasteiger partial charge in [-0.1, -0.05) is 65.5 Å². The quantitative estimate of drug-likeness (QED) is 0.410. The van der Waals surface area contributed by atoms with Crippen molar-refractivity contribution in [1.82, 2.24) is 0 Å². The molecule has 0 radical (unpaired) electrons. The monoisotopic (exact) mass is 400 g/mol. The summed E-state index contributed by atoms with van der Waals surface area (Å²) in [7, 11) is 1.91. The van der Waals surface area contributed by atoms with E-state index in [4.69, 9.17) is 4.74 Å². The van der Waals surface area contributed by atoms with Crippen LogP contribution in [0.5, 0.6) is 0 Å². The predicted octanol–water partition coefficient (Wildman–Crippen LogP) is 8.04. The number of hydrogen-bond donors (Lipinski definition) is 0. The molecule has 0 amide bonds. The molecule has 0 unspecified atom stereocenters. The van der Waals surface area contributed by atoms with Crippen LogP contribution in [0.3, 0.4) is 0 Å². The summed E-state index contributed by atoms with van der Waals surface area (Å²) in [6.45, 7) is 12.7. The molecule has 0 aromatic carbocycles. The molecule has 4 aliphatic rings. The van der Waals surface area contributed by atoms with E-state index in [2.05, 4.69) is 40.7 Å². The maximum atomic E-state index is 5.75. The van der Waals surface area contributed by atoms with Crippen molar-refractivity contribution in [3.05, 3.63) is 11.6 Å². The van der Waals surface area contributed by atoms with Crippen molar-refractivity contribution in [3.63, 3.8) is 0 Å². The number of ether oxygens (including phenoxy) is 1. The van der Waals surface area contributed by atoms with E-state index in [-0.39, 0.29) is 0 Å². The van der Waals surface area contributed by atoms with Crippen LogP contribution in [-0.4, -0.2) is 13.2 Å². The zero-order valence-electron chi connectivity index (χ0n) is 20.3. The average Bonchev–Trinajstić information content (AvgIpc) is 3.04. The number of rotatable bonds is 6. The third kappa shape index (κ3) is 3.77. The van der Waals surface area contributed by atoms with Crippen molar-refractivity contribution in [2.75, 3.05) is 7.11 Å². The first kappa shape index (κ1) is 21.9. The molecule has 0 aromatic rings. The van der Waals surface area contributed by atoms with Crippen molar-refractivity contribution in [2.45, 2.75) is 111 Å². The van der Waals surface area contributed by atoms with Gasteiger partial charge in [-0.15, -0.1) is 0 Å². The third-order valence-electron chi connectivity index (χ3n) is 10.6. The number of hydrogen-bond acceptors (Lipinski definition) is 1. The molecule has 8 atom stereocenters. The highest BCUT2D eigenvalue weighted by molar-refractivity contribution is 5.25. The van der Waals surface area contributed by atoms with Gasteiger partial charge in [0, 0.05) is 7.11 Å². The van der Waals surface area contributed by atoms with Gasteiger partial charge in [0.15, 0.2) is 0 Å². The lowest BCUT2D eigenvalue weighted by atomic mass is 9.47. The van der Waals surface area contributed by atoms with Gasteiger partial charge in [0.2, 0.25) is 0 Å². The fraction of sp³-hybridized carbons (Fsp3) is 0.929. The molecule has 0 heterocycles. The molecule has 3 saturated carbocycles. The summed E-state index contributed by atoms with van der Waals surface area (Å²) >= 11 is 0. The van der Waals surface area contributed by atoms with Gasteiger partial charge in [0.1, 0.15) is 0 Å². The number of methoxy groups -OCH3 is 1. The van der Waals surface area contributed by atoms with E-state index in [1.165, 1.54) is 70.6 Å². The van der Waals surface area contributed by atoms with Crippen molar-refractivity contribution >= 4 is 0 Å². The van der Waals surface area contributed by atoms with Crippen LogP contribution >= 0.6 is 0 Å². The molecule has 0 N–H and O–H groups in total. The zero-order valence-corrected chi connectivity index (χ0v) is 20.3. The minimum Gasteiger partial charge on any atom is -0.381 e. The Morgan fingerprint density at radius 1 is 1.00 bits per heavy atom. The predicted molar refractivity (Wildman–Crippen MR) is 124 cm³/mol. The lowest BCUT2D eigenvalue weighted by Gasteiger charge is -2.58. The second-order valence-electron chi connectivity index (χ2n) is 12.4. The average molecular weight is 401 g/mol. The largest absolute Gasteiger partial charge is 0.381 e. The lowest BCUT2D eigenvalue weighted by molar-refractivity contribution is -0.0601. The minimum atomic E-state index is 0.472. The first-order chi connectivity index (χ1) is 13.8. The summed E-state index contributed by atoms with van der Waals surface area (Å²) in [6, 6.07) is 0. The Morgan fingerprint density at radius 2 is 1.79 bits per heavy atom. The van der Waals surface area contributed by atoms with Crippen LogP contribution in [0.2, 0.25) is 0 Å². The fourth-order valence-electron chi connectivity index (χ4n) is 8.85. The Morgan fingerprint density at radius 3 is 2.52 bits per heavy atom. The molecule has 4 aliphatic carbocycles. The number of fused-ring (bicyclic) bond motifs is 5. The molecule has 0 spiro atoms. The summed E-state index contributed by atoms with van der Waals surface area (Å²) in [5.74, 6) is 5.63. The normalized spacial score (nSPS) is 45.3. The van der Waals surface area contributed by atoms with Crippen molar-refractivity contribution in [1.29, 1.82) is 0 Å². The first-order valence-corrected chi connectivity index (χ1v) is 13.0. The molecule has 4 rings (SSSR count). The van der Waals surface area contributed by atoms with Gasteiger partial charge in [-0.3, -0.25) is 0 Å². The highest BCUT2D eigenvalue weighted by atomic mass is 16.5. The van der Waals surface area contributed by atoms with Gasteiger partial charge in [0.05, 0.1) is 6.10 Å². The van der Waals surface area contributed by atoms with E-state index in [0.717, 1.165) is 35.5 Å². The van der Waals surface area contributed by atoms with Gasteiger partial charge < -0.3 is 4.74 Å². The maximum absolute atomic E-state index is 5.75.